The van der Waals surface area contributed by atoms with E-state index in [2.05, 4.69) is 5.32 Å². The molecule has 1 aliphatic rings. The van der Waals surface area contributed by atoms with Crippen LogP contribution < -0.4 is 10.9 Å². The van der Waals surface area contributed by atoms with Crippen LogP contribution >= 0.6 is 24.0 Å². The van der Waals surface area contributed by atoms with Crippen molar-refractivity contribution in [2.75, 3.05) is 11.9 Å². The van der Waals surface area contributed by atoms with Gasteiger partial charge in [-0.15, -0.1) is 0 Å². The molecule has 0 unspecified atom stereocenters. The Kier molecular flexibility index (Phi) is 6.15. The minimum absolute atomic E-state index is 0.000413. The first-order valence-electron chi connectivity index (χ1n) is 9.79. The Morgan fingerprint density at radius 3 is 2.62 bits per heavy atom. The SMILES string of the molecule is Cc1c(NC(=O)CCN2C(=O)C(=Cc3ccco3)SC2=S)c(=O)n(-c2ccccc2)n1C. The summed E-state index contributed by atoms with van der Waals surface area (Å²) in [4.78, 5) is 40.0. The van der Waals surface area contributed by atoms with Crippen LogP contribution in [0.15, 0.2) is 62.8 Å². The Morgan fingerprint density at radius 2 is 1.94 bits per heavy atom. The molecule has 3 heterocycles. The lowest BCUT2D eigenvalue weighted by molar-refractivity contribution is -0.122. The molecule has 0 bridgehead atoms. The van der Waals surface area contributed by atoms with E-state index in [4.69, 9.17) is 16.6 Å². The number of para-hydroxylation sites is 1. The van der Waals surface area contributed by atoms with Gasteiger partial charge in [0.05, 0.1) is 22.5 Å². The third-order valence-electron chi connectivity index (χ3n) is 5.07. The van der Waals surface area contributed by atoms with Gasteiger partial charge in [-0.2, -0.15) is 0 Å². The number of hydrogen-bond acceptors (Lipinski definition) is 6. The summed E-state index contributed by atoms with van der Waals surface area (Å²) in [5, 5.41) is 2.70. The standard InChI is InChI=1S/C22H20N4O4S2/c1-14-19(21(29)26(24(14)2)15-7-4-3-5-8-15)23-18(27)10-11-25-20(28)17(32-22(25)31)13-16-9-6-12-30-16/h3-9,12-13H,10-11H2,1-2H3,(H,23,27). The molecule has 0 spiro atoms. The van der Waals surface area contributed by atoms with Crippen LogP contribution in [0.1, 0.15) is 17.9 Å². The highest BCUT2D eigenvalue weighted by molar-refractivity contribution is 8.26. The van der Waals surface area contributed by atoms with Crippen molar-refractivity contribution >= 4 is 51.9 Å². The summed E-state index contributed by atoms with van der Waals surface area (Å²) >= 11 is 6.46. The maximum atomic E-state index is 12.9. The van der Waals surface area contributed by atoms with Gasteiger partial charge in [0.25, 0.3) is 11.5 Å². The molecule has 0 saturated carbocycles. The molecule has 4 rings (SSSR count). The monoisotopic (exact) mass is 468 g/mol. The lowest BCUT2D eigenvalue weighted by atomic mass is 10.3. The number of amides is 2. The van der Waals surface area contributed by atoms with Gasteiger partial charge in [0.1, 0.15) is 15.8 Å². The van der Waals surface area contributed by atoms with Crippen molar-refractivity contribution < 1.29 is 14.0 Å². The highest BCUT2D eigenvalue weighted by atomic mass is 32.2. The smallest absolute Gasteiger partial charge is 0.295 e. The number of furan rings is 1. The molecule has 1 N–H and O–H groups in total. The van der Waals surface area contributed by atoms with Crippen molar-refractivity contribution in [3.63, 3.8) is 0 Å². The van der Waals surface area contributed by atoms with E-state index in [0.29, 0.717) is 26.4 Å². The number of nitrogens with zero attached hydrogens (tertiary/aromatic N) is 3. The molecular formula is C22H20N4O4S2. The number of anilines is 1. The summed E-state index contributed by atoms with van der Waals surface area (Å²) in [6.45, 7) is 1.88. The minimum Gasteiger partial charge on any atom is -0.465 e. The average Bonchev–Trinajstić information content (AvgIpc) is 3.44. The summed E-state index contributed by atoms with van der Waals surface area (Å²) in [6, 6.07) is 12.6. The maximum Gasteiger partial charge on any atom is 0.295 e. The van der Waals surface area contributed by atoms with Crippen molar-refractivity contribution in [1.29, 1.82) is 0 Å². The number of carbonyl (C=O) groups excluding carboxylic acids is 2. The van der Waals surface area contributed by atoms with Crippen LogP contribution in [0, 0.1) is 6.92 Å². The first kappa shape index (κ1) is 21.8. The Bertz CT molecular complexity index is 1270. The van der Waals surface area contributed by atoms with Crippen LogP contribution in [0.25, 0.3) is 11.8 Å². The highest BCUT2D eigenvalue weighted by Gasteiger charge is 2.32. The molecule has 8 nitrogen and oxygen atoms in total. The van der Waals surface area contributed by atoms with Gasteiger partial charge in [0, 0.05) is 26.1 Å². The van der Waals surface area contributed by atoms with Crippen LogP contribution in [-0.4, -0.2) is 36.9 Å². The Morgan fingerprint density at radius 1 is 1.19 bits per heavy atom. The third kappa shape index (κ3) is 4.19. The zero-order chi connectivity index (χ0) is 22.8. The predicted octanol–water partition coefficient (Wildman–Crippen LogP) is 3.31. The number of benzene rings is 1. The number of rotatable bonds is 6. The number of aromatic nitrogens is 2. The second-order valence-corrected chi connectivity index (χ2v) is 8.76. The Balaban J connectivity index is 1.44. The third-order valence-corrected chi connectivity index (χ3v) is 6.45. The molecule has 10 heteroatoms. The van der Waals surface area contributed by atoms with Gasteiger partial charge in [0.2, 0.25) is 5.91 Å². The lowest BCUT2D eigenvalue weighted by Gasteiger charge is -2.13. The van der Waals surface area contributed by atoms with Gasteiger partial charge in [-0.25, -0.2) is 4.68 Å². The van der Waals surface area contributed by atoms with Crippen molar-refractivity contribution in [3.05, 3.63) is 75.4 Å². The van der Waals surface area contributed by atoms with E-state index < -0.39 is 0 Å². The van der Waals surface area contributed by atoms with E-state index in [1.807, 2.05) is 30.3 Å². The van der Waals surface area contributed by atoms with Crippen LogP contribution in [-0.2, 0) is 16.6 Å². The van der Waals surface area contributed by atoms with Crippen molar-refractivity contribution in [3.8, 4) is 5.69 Å². The summed E-state index contributed by atoms with van der Waals surface area (Å²) in [6.07, 6.45) is 3.15. The van der Waals surface area contributed by atoms with Crippen LogP contribution in [0.2, 0.25) is 0 Å². The lowest BCUT2D eigenvalue weighted by Crippen LogP contribution is -2.32. The second-order valence-electron chi connectivity index (χ2n) is 7.08. The fourth-order valence-electron chi connectivity index (χ4n) is 3.32. The number of thiocarbonyl (C=S) groups is 1. The average molecular weight is 469 g/mol. The second kappa shape index (κ2) is 9.01. The summed E-state index contributed by atoms with van der Waals surface area (Å²) in [7, 11) is 1.75. The van der Waals surface area contributed by atoms with Gasteiger partial charge < -0.3 is 9.73 Å². The van der Waals surface area contributed by atoms with Crippen LogP contribution in [0.5, 0.6) is 0 Å². The molecule has 1 aromatic carbocycles. The Hall–Kier alpha value is -3.37. The van der Waals surface area contributed by atoms with Gasteiger partial charge in [-0.05, 0) is 31.2 Å². The molecule has 2 aromatic heterocycles. The van der Waals surface area contributed by atoms with Gasteiger partial charge in [0.15, 0.2) is 0 Å². The zero-order valence-corrected chi connectivity index (χ0v) is 19.0. The number of thioether (sulfide) groups is 1. The van der Waals surface area contributed by atoms with E-state index >= 15 is 0 Å². The molecule has 2 amide bonds. The van der Waals surface area contributed by atoms with Crippen molar-refractivity contribution in [1.82, 2.24) is 14.3 Å². The van der Waals surface area contributed by atoms with Crippen molar-refractivity contribution in [2.45, 2.75) is 13.3 Å². The molecule has 164 valence electrons. The minimum atomic E-state index is -0.375. The van der Waals surface area contributed by atoms with Crippen LogP contribution in [0.3, 0.4) is 0 Å². The summed E-state index contributed by atoms with van der Waals surface area (Å²) < 4.78 is 8.80. The normalized spacial score (nSPS) is 15.1. The number of carbonyl (C=O) groups is 2. The molecule has 1 saturated heterocycles. The number of hydrogen-bond donors (Lipinski definition) is 1. The topological polar surface area (TPSA) is 89.5 Å². The van der Waals surface area contributed by atoms with Crippen LogP contribution in [0.4, 0.5) is 5.69 Å². The largest absolute Gasteiger partial charge is 0.465 e. The summed E-state index contributed by atoms with van der Waals surface area (Å²) in [5.74, 6) is -0.0934. The van der Waals surface area contributed by atoms with E-state index in [-0.39, 0.29) is 36.0 Å². The van der Waals surface area contributed by atoms with Crippen molar-refractivity contribution in [2.24, 2.45) is 7.05 Å². The van der Waals surface area contributed by atoms with E-state index in [0.717, 1.165) is 11.8 Å². The van der Waals surface area contributed by atoms with E-state index in [1.165, 1.54) is 15.8 Å². The first-order chi connectivity index (χ1) is 15.4. The Labute approximate surface area is 193 Å². The molecule has 3 aromatic rings. The first-order valence-corrected chi connectivity index (χ1v) is 11.0. The quantitative estimate of drug-likeness (QED) is 0.441. The summed E-state index contributed by atoms with van der Waals surface area (Å²) in [5.41, 5.74) is 1.21. The predicted molar refractivity (Wildman–Crippen MR) is 128 cm³/mol. The van der Waals surface area contributed by atoms with Gasteiger partial charge in [-0.3, -0.25) is 24.0 Å². The highest BCUT2D eigenvalue weighted by Crippen LogP contribution is 2.32. The van der Waals surface area contributed by atoms with E-state index in [9.17, 15) is 14.4 Å². The molecule has 32 heavy (non-hydrogen) atoms. The molecule has 0 atom stereocenters. The molecular weight excluding hydrogens is 448 g/mol. The van der Waals surface area contributed by atoms with E-state index in [1.54, 1.807) is 36.9 Å². The molecule has 0 aliphatic carbocycles. The van der Waals surface area contributed by atoms with Gasteiger partial charge in [-0.1, -0.05) is 42.2 Å². The molecule has 1 aliphatic heterocycles. The zero-order valence-electron chi connectivity index (χ0n) is 17.4. The van der Waals surface area contributed by atoms with Gasteiger partial charge >= 0.3 is 0 Å². The molecule has 0 radical (unpaired) electrons. The molecule has 1 fully saturated rings. The number of nitrogens with one attached hydrogen (secondary N) is 1. The maximum absolute atomic E-state index is 12.9. The fraction of sp³-hybridized carbons (Fsp3) is 0.182. The fourth-order valence-corrected chi connectivity index (χ4v) is 4.61.